The first kappa shape index (κ1) is 14.4. The van der Waals surface area contributed by atoms with Crippen LogP contribution in [0, 0.1) is 22.9 Å². The van der Waals surface area contributed by atoms with Crippen molar-refractivity contribution in [3.63, 3.8) is 0 Å². The lowest BCUT2D eigenvalue weighted by atomic mass is 10.1. The zero-order chi connectivity index (χ0) is 15.0. The normalized spacial score (nSPS) is 12.4. The standard InChI is InChI=1S/C12H12BrFN4O2/c1-6-11(18(19)20)12(15)17(16-6)7(2)9-4-3-8(14)5-10(9)13/h3-5,7H,15H2,1-2H3. The molecule has 0 aliphatic carbocycles. The van der Waals surface area contributed by atoms with Gasteiger partial charge in [-0.1, -0.05) is 22.0 Å². The molecule has 0 aliphatic heterocycles. The van der Waals surface area contributed by atoms with Crippen molar-refractivity contribution in [3.05, 3.63) is 49.9 Å². The number of nitrogens with zero attached hydrogens (tertiary/aromatic N) is 3. The molecule has 6 nitrogen and oxygen atoms in total. The molecule has 0 amide bonds. The van der Waals surface area contributed by atoms with Crippen LogP contribution >= 0.6 is 15.9 Å². The van der Waals surface area contributed by atoms with E-state index in [0.717, 1.165) is 5.56 Å². The zero-order valence-corrected chi connectivity index (χ0v) is 12.4. The summed E-state index contributed by atoms with van der Waals surface area (Å²) < 4.78 is 15.0. The lowest BCUT2D eigenvalue weighted by Gasteiger charge is -2.15. The molecular weight excluding hydrogens is 331 g/mol. The molecule has 0 spiro atoms. The first-order valence-electron chi connectivity index (χ1n) is 5.76. The van der Waals surface area contributed by atoms with Crippen LogP contribution in [-0.2, 0) is 0 Å². The van der Waals surface area contributed by atoms with E-state index in [0.29, 0.717) is 4.47 Å². The van der Waals surface area contributed by atoms with Gasteiger partial charge in [0.1, 0.15) is 11.5 Å². The van der Waals surface area contributed by atoms with Crippen LogP contribution in [0.2, 0.25) is 0 Å². The number of aryl methyl sites for hydroxylation is 1. The molecule has 0 saturated carbocycles. The number of hydrogen-bond donors (Lipinski definition) is 1. The molecule has 1 aromatic heterocycles. The topological polar surface area (TPSA) is 87.0 Å². The summed E-state index contributed by atoms with van der Waals surface area (Å²) in [7, 11) is 0. The summed E-state index contributed by atoms with van der Waals surface area (Å²) in [6.07, 6.45) is 0. The van der Waals surface area contributed by atoms with E-state index in [4.69, 9.17) is 5.73 Å². The second-order valence-electron chi connectivity index (χ2n) is 4.36. The Balaban J connectivity index is 2.51. The third-order valence-corrected chi connectivity index (χ3v) is 3.74. The van der Waals surface area contributed by atoms with Gasteiger partial charge < -0.3 is 5.73 Å². The number of rotatable bonds is 3. The van der Waals surface area contributed by atoms with Crippen molar-refractivity contribution in [3.8, 4) is 0 Å². The molecular formula is C12H12BrFN4O2. The first-order valence-corrected chi connectivity index (χ1v) is 6.56. The van der Waals surface area contributed by atoms with Gasteiger partial charge in [0.25, 0.3) is 0 Å². The minimum absolute atomic E-state index is 0.0174. The highest BCUT2D eigenvalue weighted by Gasteiger charge is 2.26. The molecule has 0 saturated heterocycles. The first-order chi connectivity index (χ1) is 9.32. The maximum Gasteiger partial charge on any atom is 0.333 e. The lowest BCUT2D eigenvalue weighted by molar-refractivity contribution is -0.384. The van der Waals surface area contributed by atoms with Gasteiger partial charge in [-0.05, 0) is 31.5 Å². The van der Waals surface area contributed by atoms with Gasteiger partial charge in [0.2, 0.25) is 5.82 Å². The Labute approximate surface area is 122 Å². The van der Waals surface area contributed by atoms with Gasteiger partial charge in [-0.3, -0.25) is 10.1 Å². The molecule has 0 bridgehead atoms. The molecule has 106 valence electrons. The molecule has 0 radical (unpaired) electrons. The maximum absolute atomic E-state index is 13.1. The van der Waals surface area contributed by atoms with Crippen molar-refractivity contribution in [2.24, 2.45) is 0 Å². The van der Waals surface area contributed by atoms with E-state index in [1.54, 1.807) is 13.0 Å². The molecule has 1 heterocycles. The van der Waals surface area contributed by atoms with E-state index in [2.05, 4.69) is 21.0 Å². The Hall–Kier alpha value is -1.96. The highest BCUT2D eigenvalue weighted by Crippen LogP contribution is 2.33. The number of nitro groups is 1. The molecule has 2 aromatic rings. The fourth-order valence-electron chi connectivity index (χ4n) is 2.05. The van der Waals surface area contributed by atoms with Crippen LogP contribution in [0.5, 0.6) is 0 Å². The fraction of sp³-hybridized carbons (Fsp3) is 0.250. The van der Waals surface area contributed by atoms with E-state index >= 15 is 0 Å². The minimum Gasteiger partial charge on any atom is -0.378 e. The molecule has 1 unspecified atom stereocenters. The molecule has 0 fully saturated rings. The summed E-state index contributed by atoms with van der Waals surface area (Å²) in [5.74, 6) is -0.389. The van der Waals surface area contributed by atoms with Gasteiger partial charge in [-0.15, -0.1) is 0 Å². The second-order valence-corrected chi connectivity index (χ2v) is 5.22. The van der Waals surface area contributed by atoms with Crippen LogP contribution < -0.4 is 5.73 Å². The summed E-state index contributed by atoms with van der Waals surface area (Å²) in [6, 6.07) is 3.87. The second kappa shape index (κ2) is 5.20. The van der Waals surface area contributed by atoms with Crippen molar-refractivity contribution in [2.45, 2.75) is 19.9 Å². The quantitative estimate of drug-likeness (QED) is 0.685. The largest absolute Gasteiger partial charge is 0.378 e. The molecule has 0 aliphatic rings. The van der Waals surface area contributed by atoms with E-state index in [9.17, 15) is 14.5 Å². The number of aromatic nitrogens is 2. The minimum atomic E-state index is -0.555. The van der Waals surface area contributed by atoms with Gasteiger partial charge in [0.15, 0.2) is 0 Å². The van der Waals surface area contributed by atoms with Gasteiger partial charge in [0, 0.05) is 4.47 Å². The van der Waals surface area contributed by atoms with Crippen LogP contribution in [-0.4, -0.2) is 14.7 Å². The molecule has 2 N–H and O–H groups in total. The van der Waals surface area contributed by atoms with Crippen LogP contribution in [0.3, 0.4) is 0 Å². The third kappa shape index (κ3) is 2.38. The summed E-state index contributed by atoms with van der Waals surface area (Å²) in [6.45, 7) is 3.31. The summed E-state index contributed by atoms with van der Waals surface area (Å²) in [5, 5.41) is 15.0. The van der Waals surface area contributed by atoms with Gasteiger partial charge >= 0.3 is 5.69 Å². The highest BCUT2D eigenvalue weighted by molar-refractivity contribution is 9.10. The van der Waals surface area contributed by atoms with Crippen molar-refractivity contribution >= 4 is 27.4 Å². The fourth-order valence-corrected chi connectivity index (χ4v) is 2.73. The molecule has 8 heteroatoms. The Kier molecular flexibility index (Phi) is 3.76. The Bertz CT molecular complexity index is 686. The van der Waals surface area contributed by atoms with Gasteiger partial charge in [-0.2, -0.15) is 5.10 Å². The number of benzene rings is 1. The predicted octanol–water partition coefficient (Wildman–Crippen LogP) is 3.19. The van der Waals surface area contributed by atoms with Crippen LogP contribution in [0.1, 0.15) is 24.2 Å². The lowest BCUT2D eigenvalue weighted by Crippen LogP contribution is -2.12. The molecule has 1 atom stereocenters. The van der Waals surface area contributed by atoms with Crippen molar-refractivity contribution in [1.29, 1.82) is 0 Å². The summed E-state index contributed by atoms with van der Waals surface area (Å²) in [4.78, 5) is 10.4. The summed E-state index contributed by atoms with van der Waals surface area (Å²) in [5.41, 5.74) is 6.57. The number of halogens is 2. The van der Waals surface area contributed by atoms with Crippen LogP contribution in [0.4, 0.5) is 15.9 Å². The van der Waals surface area contributed by atoms with Gasteiger partial charge in [-0.25, -0.2) is 9.07 Å². The average Bonchev–Trinajstić information content (AvgIpc) is 2.64. The van der Waals surface area contributed by atoms with E-state index in [1.807, 2.05) is 0 Å². The monoisotopic (exact) mass is 342 g/mol. The Morgan fingerprint density at radius 1 is 1.55 bits per heavy atom. The van der Waals surface area contributed by atoms with E-state index in [-0.39, 0.29) is 29.1 Å². The number of nitrogens with two attached hydrogens (primary N) is 1. The van der Waals surface area contributed by atoms with Crippen molar-refractivity contribution in [2.75, 3.05) is 5.73 Å². The predicted molar refractivity (Wildman–Crippen MR) is 75.9 cm³/mol. The van der Waals surface area contributed by atoms with Crippen molar-refractivity contribution in [1.82, 2.24) is 9.78 Å². The average molecular weight is 343 g/mol. The Morgan fingerprint density at radius 3 is 2.70 bits per heavy atom. The maximum atomic E-state index is 13.1. The Morgan fingerprint density at radius 2 is 2.20 bits per heavy atom. The molecule has 20 heavy (non-hydrogen) atoms. The zero-order valence-electron chi connectivity index (χ0n) is 10.8. The van der Waals surface area contributed by atoms with Crippen LogP contribution in [0.25, 0.3) is 0 Å². The molecule has 1 aromatic carbocycles. The third-order valence-electron chi connectivity index (χ3n) is 3.05. The van der Waals surface area contributed by atoms with Crippen molar-refractivity contribution < 1.29 is 9.31 Å². The number of hydrogen-bond acceptors (Lipinski definition) is 4. The van der Waals surface area contributed by atoms with Crippen LogP contribution in [0.15, 0.2) is 22.7 Å². The molecule has 2 rings (SSSR count). The van der Waals surface area contributed by atoms with E-state index in [1.165, 1.54) is 23.7 Å². The summed E-state index contributed by atoms with van der Waals surface area (Å²) >= 11 is 3.27. The number of nitrogen functional groups attached to an aromatic ring is 1. The SMILES string of the molecule is Cc1nn(C(C)c2ccc(F)cc2Br)c(N)c1[N+](=O)[O-]. The van der Waals surface area contributed by atoms with E-state index < -0.39 is 4.92 Å². The highest BCUT2D eigenvalue weighted by atomic mass is 79.9. The number of anilines is 1. The smallest absolute Gasteiger partial charge is 0.333 e. The van der Waals surface area contributed by atoms with Gasteiger partial charge in [0.05, 0.1) is 11.0 Å².